The van der Waals surface area contributed by atoms with Crippen molar-refractivity contribution < 1.29 is 19.5 Å². The Kier molecular flexibility index (Phi) is 6.85. The Morgan fingerprint density at radius 3 is 2.41 bits per heavy atom. The lowest BCUT2D eigenvalue weighted by Gasteiger charge is -2.31. The first kappa shape index (κ1) is 22.0. The van der Waals surface area contributed by atoms with E-state index in [1.54, 1.807) is 17.0 Å². The van der Waals surface area contributed by atoms with Crippen LogP contribution in [0.4, 0.5) is 0 Å². The first-order valence-electron chi connectivity index (χ1n) is 11.1. The highest BCUT2D eigenvalue weighted by molar-refractivity contribution is 6.05. The molecule has 1 aliphatic carbocycles. The highest BCUT2D eigenvalue weighted by atomic mass is 16.6. The largest absolute Gasteiger partial charge is 0.399 e. The molecule has 168 valence electrons. The first-order valence-corrected chi connectivity index (χ1v) is 11.1. The standard InChI is InChI=1S/C25H29N3O4/c1-32-27-20-15-22(24(30)26-21-9-5-6-10-23(21)29)28(16-20)25(31)19-13-11-18(12-14-19)17-7-3-2-4-8-17/h2-4,7-8,11-14,21-23,29H,5-6,9-10,15-16H2,1H3,(H,26,30)/t21-,22-,23-/m0/s1. The summed E-state index contributed by atoms with van der Waals surface area (Å²) in [5, 5.41) is 17.2. The minimum Gasteiger partial charge on any atom is -0.399 e. The molecule has 1 heterocycles. The van der Waals surface area contributed by atoms with Gasteiger partial charge in [-0.1, -0.05) is 60.5 Å². The third kappa shape index (κ3) is 4.83. The summed E-state index contributed by atoms with van der Waals surface area (Å²) in [5.41, 5.74) is 3.25. The molecule has 2 N–H and O–H groups in total. The number of oxime groups is 1. The second-order valence-corrected chi connectivity index (χ2v) is 8.40. The zero-order chi connectivity index (χ0) is 22.5. The highest BCUT2D eigenvalue weighted by Gasteiger charge is 2.39. The fourth-order valence-corrected chi connectivity index (χ4v) is 4.51. The van der Waals surface area contributed by atoms with Crippen molar-refractivity contribution in [3.63, 3.8) is 0 Å². The van der Waals surface area contributed by atoms with Crippen molar-refractivity contribution in [2.24, 2.45) is 5.16 Å². The number of likely N-dealkylation sites (tertiary alicyclic amines) is 1. The summed E-state index contributed by atoms with van der Waals surface area (Å²) in [4.78, 5) is 32.8. The third-order valence-electron chi connectivity index (χ3n) is 6.24. The van der Waals surface area contributed by atoms with E-state index in [1.165, 1.54) is 7.11 Å². The van der Waals surface area contributed by atoms with Gasteiger partial charge in [0, 0.05) is 12.0 Å². The summed E-state index contributed by atoms with van der Waals surface area (Å²) < 4.78 is 0. The predicted molar refractivity (Wildman–Crippen MR) is 122 cm³/mol. The first-order chi connectivity index (χ1) is 15.6. The van der Waals surface area contributed by atoms with E-state index in [2.05, 4.69) is 10.5 Å². The monoisotopic (exact) mass is 435 g/mol. The lowest BCUT2D eigenvalue weighted by atomic mass is 9.92. The van der Waals surface area contributed by atoms with Crippen LogP contribution in [0, 0.1) is 0 Å². The number of amides is 2. The average molecular weight is 436 g/mol. The van der Waals surface area contributed by atoms with Gasteiger partial charge in [-0.05, 0) is 36.1 Å². The molecule has 1 aliphatic heterocycles. The molecule has 4 rings (SSSR count). The van der Waals surface area contributed by atoms with Gasteiger partial charge in [0.25, 0.3) is 5.91 Å². The van der Waals surface area contributed by atoms with Gasteiger partial charge in [0.2, 0.25) is 5.91 Å². The number of nitrogens with one attached hydrogen (secondary N) is 1. The molecule has 0 unspecified atom stereocenters. The molecule has 2 aliphatic rings. The smallest absolute Gasteiger partial charge is 0.254 e. The summed E-state index contributed by atoms with van der Waals surface area (Å²) in [6.07, 6.45) is 3.13. The van der Waals surface area contributed by atoms with Crippen LogP contribution in [-0.4, -0.2) is 59.4 Å². The maximum atomic E-state index is 13.3. The van der Waals surface area contributed by atoms with Crippen LogP contribution in [-0.2, 0) is 9.63 Å². The van der Waals surface area contributed by atoms with E-state index in [0.29, 0.717) is 24.1 Å². The summed E-state index contributed by atoms with van der Waals surface area (Å²) in [5.74, 6) is -0.484. The van der Waals surface area contributed by atoms with Gasteiger partial charge in [-0.3, -0.25) is 9.59 Å². The normalized spacial score (nSPS) is 24.4. The van der Waals surface area contributed by atoms with E-state index in [9.17, 15) is 14.7 Å². The molecule has 7 heteroatoms. The molecule has 2 aromatic rings. The summed E-state index contributed by atoms with van der Waals surface area (Å²) in [7, 11) is 1.45. The minimum atomic E-state index is -0.681. The predicted octanol–water partition coefficient (Wildman–Crippen LogP) is 2.99. The van der Waals surface area contributed by atoms with Crippen molar-refractivity contribution in [2.75, 3.05) is 13.7 Å². The Hall–Kier alpha value is -3.19. The minimum absolute atomic E-state index is 0.227. The lowest BCUT2D eigenvalue weighted by molar-refractivity contribution is -0.126. The van der Waals surface area contributed by atoms with Gasteiger partial charge in [0.1, 0.15) is 13.2 Å². The molecule has 2 aromatic carbocycles. The Balaban J connectivity index is 1.51. The lowest BCUT2D eigenvalue weighted by Crippen LogP contribution is -2.52. The van der Waals surface area contributed by atoms with Crippen LogP contribution < -0.4 is 5.32 Å². The van der Waals surface area contributed by atoms with Gasteiger partial charge in [-0.15, -0.1) is 0 Å². The average Bonchev–Trinajstić information content (AvgIpc) is 3.25. The zero-order valence-electron chi connectivity index (χ0n) is 18.2. The van der Waals surface area contributed by atoms with Crippen LogP contribution in [0.5, 0.6) is 0 Å². The van der Waals surface area contributed by atoms with Crippen LogP contribution in [0.1, 0.15) is 42.5 Å². The summed E-state index contributed by atoms with van der Waals surface area (Å²) in [6.45, 7) is 0.235. The van der Waals surface area contributed by atoms with Gasteiger partial charge in [0.05, 0.1) is 24.4 Å². The Morgan fingerprint density at radius 1 is 1.03 bits per heavy atom. The number of aliphatic hydroxyl groups is 1. The molecule has 1 saturated heterocycles. The van der Waals surface area contributed by atoms with E-state index in [4.69, 9.17) is 4.84 Å². The second kappa shape index (κ2) is 9.96. The number of hydrogen-bond acceptors (Lipinski definition) is 5. The third-order valence-corrected chi connectivity index (χ3v) is 6.24. The fraction of sp³-hybridized carbons (Fsp3) is 0.400. The van der Waals surface area contributed by atoms with Crippen molar-refractivity contribution in [3.8, 4) is 11.1 Å². The molecule has 0 aromatic heterocycles. The summed E-state index contributed by atoms with van der Waals surface area (Å²) in [6, 6.07) is 16.4. The van der Waals surface area contributed by atoms with E-state index >= 15 is 0 Å². The molecule has 0 radical (unpaired) electrons. The van der Waals surface area contributed by atoms with E-state index in [1.807, 2.05) is 42.5 Å². The van der Waals surface area contributed by atoms with Crippen molar-refractivity contribution in [1.29, 1.82) is 0 Å². The molecule has 2 amide bonds. The fourth-order valence-electron chi connectivity index (χ4n) is 4.51. The molecule has 1 saturated carbocycles. The van der Waals surface area contributed by atoms with Crippen molar-refractivity contribution in [2.45, 2.75) is 50.3 Å². The number of benzene rings is 2. The van der Waals surface area contributed by atoms with E-state index in [0.717, 1.165) is 30.4 Å². The van der Waals surface area contributed by atoms with Gasteiger partial charge < -0.3 is 20.2 Å². The SMILES string of the molecule is CON=C1C[C@@H](C(=O)N[C@H]2CCCC[C@@H]2O)N(C(=O)c2ccc(-c3ccccc3)cc2)C1. The van der Waals surface area contributed by atoms with E-state index < -0.39 is 12.1 Å². The molecular weight excluding hydrogens is 406 g/mol. The number of carbonyl (C=O) groups excluding carboxylic acids is 2. The summed E-state index contributed by atoms with van der Waals surface area (Å²) >= 11 is 0. The van der Waals surface area contributed by atoms with Crippen molar-refractivity contribution >= 4 is 17.5 Å². The second-order valence-electron chi connectivity index (χ2n) is 8.40. The Labute approximate surface area is 188 Å². The number of hydrogen-bond donors (Lipinski definition) is 2. The molecule has 7 nitrogen and oxygen atoms in total. The van der Waals surface area contributed by atoms with Crippen LogP contribution in [0.2, 0.25) is 0 Å². The van der Waals surface area contributed by atoms with Gasteiger partial charge in [-0.2, -0.15) is 0 Å². The molecule has 2 fully saturated rings. The maximum absolute atomic E-state index is 13.3. The topological polar surface area (TPSA) is 91.2 Å². The maximum Gasteiger partial charge on any atom is 0.254 e. The van der Waals surface area contributed by atoms with Crippen molar-refractivity contribution in [3.05, 3.63) is 60.2 Å². The number of carbonyl (C=O) groups is 2. The molecule has 3 atom stereocenters. The van der Waals surface area contributed by atoms with Gasteiger partial charge in [0.15, 0.2) is 0 Å². The van der Waals surface area contributed by atoms with Crippen LogP contribution in [0.15, 0.2) is 59.8 Å². The molecule has 32 heavy (non-hydrogen) atoms. The quantitative estimate of drug-likeness (QED) is 0.707. The van der Waals surface area contributed by atoms with Crippen LogP contribution >= 0.6 is 0 Å². The van der Waals surface area contributed by atoms with Gasteiger partial charge in [-0.25, -0.2) is 0 Å². The molecule has 0 spiro atoms. The van der Waals surface area contributed by atoms with Crippen molar-refractivity contribution in [1.82, 2.24) is 10.2 Å². The van der Waals surface area contributed by atoms with Gasteiger partial charge >= 0.3 is 0 Å². The molecular formula is C25H29N3O4. The Bertz CT molecular complexity index is 974. The van der Waals surface area contributed by atoms with Crippen LogP contribution in [0.25, 0.3) is 11.1 Å². The highest BCUT2D eigenvalue weighted by Crippen LogP contribution is 2.24. The van der Waals surface area contributed by atoms with E-state index in [-0.39, 0.29) is 24.4 Å². The Morgan fingerprint density at radius 2 is 1.72 bits per heavy atom. The number of aliphatic hydroxyl groups excluding tert-OH is 1. The molecule has 0 bridgehead atoms. The number of nitrogens with zero attached hydrogens (tertiary/aromatic N) is 2. The number of rotatable bonds is 5. The zero-order valence-corrected chi connectivity index (χ0v) is 18.2. The van der Waals surface area contributed by atoms with Crippen LogP contribution in [0.3, 0.4) is 0 Å².